The van der Waals surface area contributed by atoms with Gasteiger partial charge in [0.05, 0.1) is 33.9 Å². The normalized spacial score (nSPS) is 27.5. The van der Waals surface area contributed by atoms with Crippen molar-refractivity contribution in [3.8, 4) is 5.75 Å². The molecule has 2 aliphatic heterocycles. The van der Waals surface area contributed by atoms with Crippen LogP contribution in [0.1, 0.15) is 41.2 Å². The van der Waals surface area contributed by atoms with Gasteiger partial charge in [-0.3, -0.25) is 0 Å². The molecule has 5 heteroatoms. The Hall–Kier alpha value is -1.85. The van der Waals surface area contributed by atoms with Crippen LogP contribution < -0.4 is 4.74 Å². The lowest BCUT2D eigenvalue weighted by atomic mass is 9.80. The van der Waals surface area contributed by atoms with Gasteiger partial charge < -0.3 is 9.47 Å². The van der Waals surface area contributed by atoms with E-state index in [1.54, 1.807) is 19.2 Å². The van der Waals surface area contributed by atoms with Crippen LogP contribution in [0.3, 0.4) is 0 Å². The smallest absolute Gasteiger partial charge is 0.119 e. The molecule has 2 aromatic carbocycles. The fraction of sp³-hybridized carbons (Fsp3) is 0.333. The van der Waals surface area contributed by atoms with Gasteiger partial charge in [-0.1, -0.05) is 24.3 Å². The van der Waals surface area contributed by atoms with Gasteiger partial charge in [-0.2, -0.15) is 0 Å². The maximum Gasteiger partial charge on any atom is 0.119 e. The standard InChI is InChI=1S/C18H19NO3S/c1-21-11-7-8-17(23(2,19)20)14(9-11)15-10-16-12-5-3-4-6-13(12)18(15)22-16/h3-9,15-16,18-19H,10H2,1-2H3/t15-,16-,18-,23?/m0/s1. The van der Waals surface area contributed by atoms with Crippen LogP contribution in [0.5, 0.6) is 5.75 Å². The van der Waals surface area contributed by atoms with E-state index >= 15 is 0 Å². The Morgan fingerprint density at radius 1 is 1.17 bits per heavy atom. The molecule has 120 valence electrons. The van der Waals surface area contributed by atoms with Crippen molar-refractivity contribution < 1.29 is 13.7 Å². The van der Waals surface area contributed by atoms with Crippen molar-refractivity contribution in [3.05, 3.63) is 59.2 Å². The van der Waals surface area contributed by atoms with Crippen LogP contribution in [0.15, 0.2) is 47.4 Å². The number of rotatable bonds is 3. The largest absolute Gasteiger partial charge is 0.497 e. The second-order valence-corrected chi connectivity index (χ2v) is 8.39. The van der Waals surface area contributed by atoms with Crippen LogP contribution in [0.4, 0.5) is 0 Å². The summed E-state index contributed by atoms with van der Waals surface area (Å²) in [7, 11) is -1.18. The number of nitrogens with one attached hydrogen (secondary N) is 1. The highest BCUT2D eigenvalue weighted by atomic mass is 32.2. The first kappa shape index (κ1) is 14.7. The SMILES string of the molecule is COc1ccc(S(C)(=N)=O)c([C@@H]2C[C@@H]3O[C@H]2c2ccccc23)c1. The van der Waals surface area contributed by atoms with Crippen molar-refractivity contribution in [3.63, 3.8) is 0 Å². The Kier molecular flexibility index (Phi) is 3.25. The van der Waals surface area contributed by atoms with Gasteiger partial charge in [0, 0.05) is 12.2 Å². The fourth-order valence-corrected chi connectivity index (χ4v) is 4.81. The Bertz CT molecular complexity index is 876. The molecule has 1 unspecified atom stereocenters. The molecule has 0 spiro atoms. The van der Waals surface area contributed by atoms with Crippen LogP contribution in [0.2, 0.25) is 0 Å². The lowest BCUT2D eigenvalue weighted by Gasteiger charge is -2.24. The average molecular weight is 329 g/mol. The number of methoxy groups -OCH3 is 1. The van der Waals surface area contributed by atoms with Gasteiger partial charge in [0.2, 0.25) is 0 Å². The van der Waals surface area contributed by atoms with Crippen LogP contribution in [-0.4, -0.2) is 17.6 Å². The van der Waals surface area contributed by atoms with Gasteiger partial charge in [-0.25, -0.2) is 8.99 Å². The Morgan fingerprint density at radius 2 is 1.91 bits per heavy atom. The van der Waals surface area contributed by atoms with Crippen molar-refractivity contribution in [1.29, 1.82) is 4.78 Å². The zero-order valence-corrected chi connectivity index (χ0v) is 13.9. The molecule has 0 aromatic heterocycles. The number of hydrogen-bond donors (Lipinski definition) is 1. The van der Waals surface area contributed by atoms with Gasteiger partial charge >= 0.3 is 0 Å². The van der Waals surface area contributed by atoms with Crippen LogP contribution in [-0.2, 0) is 14.5 Å². The van der Waals surface area contributed by atoms with Gasteiger partial charge in [0.15, 0.2) is 0 Å². The molecule has 1 fully saturated rings. The van der Waals surface area contributed by atoms with E-state index in [9.17, 15) is 4.21 Å². The minimum Gasteiger partial charge on any atom is -0.497 e. The monoisotopic (exact) mass is 329 g/mol. The minimum atomic E-state index is -2.80. The summed E-state index contributed by atoms with van der Waals surface area (Å²) in [6.45, 7) is 0. The molecular formula is C18H19NO3S. The summed E-state index contributed by atoms with van der Waals surface area (Å²) in [5, 5.41) is 0. The average Bonchev–Trinajstić information content (AvgIpc) is 3.13. The molecule has 0 amide bonds. The predicted molar refractivity (Wildman–Crippen MR) is 88.4 cm³/mol. The van der Waals surface area contributed by atoms with E-state index in [0.29, 0.717) is 4.90 Å². The summed E-state index contributed by atoms with van der Waals surface area (Å²) in [6, 6.07) is 13.8. The summed E-state index contributed by atoms with van der Waals surface area (Å²) < 4.78 is 31.9. The van der Waals surface area contributed by atoms with Gasteiger partial charge in [0.1, 0.15) is 5.75 Å². The van der Waals surface area contributed by atoms with E-state index in [4.69, 9.17) is 14.3 Å². The minimum absolute atomic E-state index is 0.0243. The fourth-order valence-electron chi connectivity index (χ4n) is 3.82. The van der Waals surface area contributed by atoms with E-state index < -0.39 is 9.73 Å². The molecule has 1 N–H and O–H groups in total. The Morgan fingerprint density at radius 3 is 2.61 bits per heavy atom. The molecule has 2 aromatic rings. The van der Waals surface area contributed by atoms with Gasteiger partial charge in [0.25, 0.3) is 0 Å². The second kappa shape index (κ2) is 5.08. The quantitative estimate of drug-likeness (QED) is 0.925. The summed E-state index contributed by atoms with van der Waals surface area (Å²) in [4.78, 5) is 0.594. The molecule has 0 saturated carbocycles. The Balaban J connectivity index is 1.84. The number of ether oxygens (including phenoxy) is 2. The molecule has 2 heterocycles. The van der Waals surface area contributed by atoms with Crippen molar-refractivity contribution in [1.82, 2.24) is 0 Å². The molecule has 4 rings (SSSR count). The van der Waals surface area contributed by atoms with Crippen LogP contribution in [0, 0.1) is 4.78 Å². The third kappa shape index (κ3) is 2.26. The topological polar surface area (TPSA) is 59.4 Å². The molecule has 4 atom stereocenters. The highest BCUT2D eigenvalue weighted by Crippen LogP contribution is 2.58. The summed E-state index contributed by atoms with van der Waals surface area (Å²) >= 11 is 0. The van der Waals surface area contributed by atoms with Crippen molar-refractivity contribution >= 4 is 9.73 Å². The zero-order chi connectivity index (χ0) is 16.2. The van der Waals surface area contributed by atoms with Crippen molar-refractivity contribution in [2.75, 3.05) is 13.4 Å². The predicted octanol–water partition coefficient (Wildman–Crippen LogP) is 4.03. The molecule has 2 bridgehead atoms. The van der Waals surface area contributed by atoms with Gasteiger partial charge in [-0.15, -0.1) is 0 Å². The van der Waals surface area contributed by atoms with Crippen LogP contribution >= 0.6 is 0 Å². The number of fused-ring (bicyclic) bond motifs is 5. The molecule has 0 radical (unpaired) electrons. The zero-order valence-electron chi connectivity index (χ0n) is 13.1. The third-order valence-corrected chi connectivity index (χ3v) is 6.04. The maximum absolute atomic E-state index is 12.4. The molecule has 2 aliphatic rings. The van der Waals surface area contributed by atoms with E-state index in [0.717, 1.165) is 17.7 Å². The number of benzene rings is 2. The van der Waals surface area contributed by atoms with Crippen molar-refractivity contribution in [2.24, 2.45) is 0 Å². The van der Waals surface area contributed by atoms with Crippen LogP contribution in [0.25, 0.3) is 0 Å². The van der Waals surface area contributed by atoms with Crippen molar-refractivity contribution in [2.45, 2.75) is 29.4 Å². The third-order valence-electron chi connectivity index (χ3n) is 4.83. The van der Waals surface area contributed by atoms with Gasteiger partial charge in [-0.05, 0) is 41.3 Å². The molecule has 0 aliphatic carbocycles. The van der Waals surface area contributed by atoms with E-state index in [-0.39, 0.29) is 18.1 Å². The maximum atomic E-state index is 12.4. The summed E-state index contributed by atoms with van der Waals surface area (Å²) in [5.41, 5.74) is 3.41. The lowest BCUT2D eigenvalue weighted by molar-refractivity contribution is 0.0673. The number of hydrogen-bond acceptors (Lipinski definition) is 4. The van der Waals surface area contributed by atoms with E-state index in [2.05, 4.69) is 12.1 Å². The first-order valence-electron chi connectivity index (χ1n) is 7.65. The molecule has 23 heavy (non-hydrogen) atoms. The highest BCUT2D eigenvalue weighted by Gasteiger charge is 2.46. The van der Waals surface area contributed by atoms with E-state index in [1.807, 2.05) is 18.2 Å². The second-order valence-electron chi connectivity index (χ2n) is 6.26. The molecular weight excluding hydrogens is 310 g/mol. The van der Waals surface area contributed by atoms with E-state index in [1.165, 1.54) is 17.4 Å². The Labute approximate surface area is 136 Å². The lowest BCUT2D eigenvalue weighted by Crippen LogP contribution is -2.13. The molecule has 1 saturated heterocycles. The highest BCUT2D eigenvalue weighted by molar-refractivity contribution is 7.91. The summed E-state index contributed by atoms with van der Waals surface area (Å²) in [5.74, 6) is 0.842. The first-order valence-corrected chi connectivity index (χ1v) is 9.61. The summed E-state index contributed by atoms with van der Waals surface area (Å²) in [6.07, 6.45) is 2.40. The first-order chi connectivity index (χ1) is 11.0. The molecule has 4 nitrogen and oxygen atoms in total.